The molecule has 0 saturated heterocycles. The highest BCUT2D eigenvalue weighted by molar-refractivity contribution is 7.11. The maximum absolute atomic E-state index is 10.3. The zero-order chi connectivity index (χ0) is 13.3. The van der Waals surface area contributed by atoms with Crippen LogP contribution >= 0.6 is 11.3 Å². The largest absolute Gasteiger partial charge is 0.466 e. The molecule has 0 aromatic carbocycles. The van der Waals surface area contributed by atoms with E-state index in [4.69, 9.17) is 4.42 Å². The summed E-state index contributed by atoms with van der Waals surface area (Å²) in [6.07, 6.45) is 6.09. The van der Waals surface area contributed by atoms with Crippen LogP contribution in [0.2, 0.25) is 0 Å². The summed E-state index contributed by atoms with van der Waals surface area (Å²) in [5, 5.41) is 14.8. The van der Waals surface area contributed by atoms with Crippen LogP contribution in [0.1, 0.15) is 41.3 Å². The van der Waals surface area contributed by atoms with Gasteiger partial charge in [-0.3, -0.25) is 0 Å². The molecule has 102 valence electrons. The SMILES string of the molecule is CC(O)(CNCc1cnc(C2CC2)s1)c1ccco1. The van der Waals surface area contributed by atoms with Gasteiger partial charge in [0.25, 0.3) is 0 Å². The molecule has 2 aromatic rings. The molecular formula is C14H18N2O2S. The predicted molar refractivity (Wildman–Crippen MR) is 74.1 cm³/mol. The normalized spacial score (nSPS) is 18.4. The Labute approximate surface area is 116 Å². The number of thiazole rings is 1. The molecule has 1 saturated carbocycles. The van der Waals surface area contributed by atoms with Gasteiger partial charge in [-0.25, -0.2) is 4.98 Å². The molecule has 3 rings (SSSR count). The van der Waals surface area contributed by atoms with Crippen LogP contribution in [0.5, 0.6) is 0 Å². The minimum atomic E-state index is -0.979. The molecule has 1 aliphatic rings. The highest BCUT2D eigenvalue weighted by Crippen LogP contribution is 2.41. The van der Waals surface area contributed by atoms with E-state index in [2.05, 4.69) is 10.3 Å². The number of aliphatic hydroxyl groups is 1. The van der Waals surface area contributed by atoms with Gasteiger partial charge in [0.1, 0.15) is 11.4 Å². The number of hydrogen-bond acceptors (Lipinski definition) is 5. The first-order chi connectivity index (χ1) is 9.15. The lowest BCUT2D eigenvalue weighted by molar-refractivity contribution is 0.0341. The van der Waals surface area contributed by atoms with E-state index < -0.39 is 5.60 Å². The summed E-state index contributed by atoms with van der Waals surface area (Å²) in [4.78, 5) is 5.66. The lowest BCUT2D eigenvalue weighted by Gasteiger charge is -2.20. The van der Waals surface area contributed by atoms with Crippen molar-refractivity contribution in [2.24, 2.45) is 0 Å². The number of nitrogens with one attached hydrogen (secondary N) is 1. The van der Waals surface area contributed by atoms with E-state index in [9.17, 15) is 5.11 Å². The average Bonchev–Trinajstić information content (AvgIpc) is 2.92. The summed E-state index contributed by atoms with van der Waals surface area (Å²) in [6.45, 7) is 2.94. The molecule has 1 aliphatic carbocycles. The van der Waals surface area contributed by atoms with Crippen LogP contribution in [-0.2, 0) is 12.1 Å². The van der Waals surface area contributed by atoms with Gasteiger partial charge in [0.2, 0.25) is 0 Å². The molecule has 2 aromatic heterocycles. The number of hydrogen-bond donors (Lipinski definition) is 2. The van der Waals surface area contributed by atoms with Crippen molar-refractivity contribution in [2.45, 2.75) is 37.8 Å². The summed E-state index contributed by atoms with van der Waals surface area (Å²) in [7, 11) is 0. The standard InChI is InChI=1S/C14H18N2O2S/c1-14(17,12-3-2-6-18-12)9-15-7-11-8-16-13(19-11)10-4-5-10/h2-3,6,8,10,15,17H,4-5,7,9H2,1H3. The molecule has 0 aliphatic heterocycles. The second-order valence-corrected chi connectivity index (χ2v) is 6.44. The van der Waals surface area contributed by atoms with Gasteiger partial charge in [0.15, 0.2) is 0 Å². The van der Waals surface area contributed by atoms with Gasteiger partial charge in [-0.2, -0.15) is 0 Å². The Morgan fingerprint density at radius 2 is 2.42 bits per heavy atom. The Hall–Kier alpha value is -1.17. The Balaban J connectivity index is 1.51. The highest BCUT2D eigenvalue weighted by atomic mass is 32.1. The van der Waals surface area contributed by atoms with Crippen LogP contribution in [0.4, 0.5) is 0 Å². The Morgan fingerprint density at radius 1 is 1.58 bits per heavy atom. The Morgan fingerprint density at radius 3 is 3.11 bits per heavy atom. The summed E-state index contributed by atoms with van der Waals surface area (Å²) in [6, 6.07) is 3.58. The molecule has 1 fully saturated rings. The molecule has 2 heterocycles. The van der Waals surface area contributed by atoms with Crippen LogP contribution in [0.3, 0.4) is 0 Å². The zero-order valence-electron chi connectivity index (χ0n) is 10.9. The highest BCUT2D eigenvalue weighted by Gasteiger charge is 2.27. The van der Waals surface area contributed by atoms with Crippen LogP contribution in [0, 0.1) is 0 Å². The van der Waals surface area contributed by atoms with Crippen molar-refractivity contribution in [2.75, 3.05) is 6.54 Å². The third-order valence-corrected chi connectivity index (χ3v) is 4.48. The van der Waals surface area contributed by atoms with E-state index in [0.717, 1.165) is 6.54 Å². The summed E-state index contributed by atoms with van der Waals surface area (Å²) < 4.78 is 5.25. The predicted octanol–water partition coefficient (Wildman–Crippen LogP) is 2.61. The molecule has 0 spiro atoms. The van der Waals surface area contributed by atoms with E-state index >= 15 is 0 Å². The van der Waals surface area contributed by atoms with Gasteiger partial charge >= 0.3 is 0 Å². The van der Waals surface area contributed by atoms with Crippen molar-refractivity contribution in [3.8, 4) is 0 Å². The molecule has 0 amide bonds. The van der Waals surface area contributed by atoms with Gasteiger partial charge in [-0.05, 0) is 31.9 Å². The molecule has 2 N–H and O–H groups in total. The first kappa shape index (κ1) is 12.8. The van der Waals surface area contributed by atoms with Gasteiger partial charge < -0.3 is 14.8 Å². The van der Waals surface area contributed by atoms with E-state index in [1.165, 1.54) is 22.7 Å². The molecule has 0 bridgehead atoms. The van der Waals surface area contributed by atoms with Crippen molar-refractivity contribution in [3.63, 3.8) is 0 Å². The molecular weight excluding hydrogens is 260 g/mol. The number of rotatable bonds is 6. The fourth-order valence-corrected chi connectivity index (χ4v) is 3.08. The summed E-state index contributed by atoms with van der Waals surface area (Å²) in [5.74, 6) is 1.30. The fraction of sp³-hybridized carbons (Fsp3) is 0.500. The Bertz CT molecular complexity index is 529. The van der Waals surface area contributed by atoms with Crippen LogP contribution in [0.25, 0.3) is 0 Å². The lowest BCUT2D eigenvalue weighted by Crippen LogP contribution is -2.34. The van der Waals surface area contributed by atoms with Gasteiger partial charge in [0.05, 0.1) is 11.3 Å². The average molecular weight is 278 g/mol. The third-order valence-electron chi connectivity index (χ3n) is 3.32. The van der Waals surface area contributed by atoms with Crippen molar-refractivity contribution in [3.05, 3.63) is 40.2 Å². The van der Waals surface area contributed by atoms with Crippen molar-refractivity contribution < 1.29 is 9.52 Å². The Kier molecular flexibility index (Phi) is 3.43. The first-order valence-electron chi connectivity index (χ1n) is 6.57. The van der Waals surface area contributed by atoms with Crippen LogP contribution < -0.4 is 5.32 Å². The molecule has 1 unspecified atom stereocenters. The smallest absolute Gasteiger partial charge is 0.136 e. The molecule has 0 radical (unpaired) electrons. The molecule has 4 nitrogen and oxygen atoms in total. The second kappa shape index (κ2) is 5.07. The zero-order valence-corrected chi connectivity index (χ0v) is 11.7. The van der Waals surface area contributed by atoms with Crippen LogP contribution in [-0.4, -0.2) is 16.6 Å². The lowest BCUT2D eigenvalue weighted by atomic mass is 10.0. The third kappa shape index (κ3) is 3.05. The van der Waals surface area contributed by atoms with E-state index in [1.807, 2.05) is 6.20 Å². The maximum atomic E-state index is 10.3. The minimum Gasteiger partial charge on any atom is -0.466 e. The summed E-state index contributed by atoms with van der Waals surface area (Å²) >= 11 is 1.77. The first-order valence-corrected chi connectivity index (χ1v) is 7.38. The summed E-state index contributed by atoms with van der Waals surface area (Å²) in [5.41, 5.74) is -0.979. The number of nitrogens with zero attached hydrogens (tertiary/aromatic N) is 1. The van der Waals surface area contributed by atoms with Gasteiger partial charge in [0, 0.05) is 30.1 Å². The van der Waals surface area contributed by atoms with Crippen molar-refractivity contribution in [1.29, 1.82) is 0 Å². The van der Waals surface area contributed by atoms with E-state index in [-0.39, 0.29) is 0 Å². The minimum absolute atomic E-state index is 0.456. The number of furan rings is 1. The molecule has 19 heavy (non-hydrogen) atoms. The van der Waals surface area contributed by atoms with Crippen molar-refractivity contribution in [1.82, 2.24) is 10.3 Å². The van der Waals surface area contributed by atoms with Crippen LogP contribution in [0.15, 0.2) is 29.0 Å². The monoisotopic (exact) mass is 278 g/mol. The van der Waals surface area contributed by atoms with Gasteiger partial charge in [-0.1, -0.05) is 0 Å². The second-order valence-electron chi connectivity index (χ2n) is 5.29. The molecule has 5 heteroatoms. The van der Waals surface area contributed by atoms with E-state index in [1.54, 1.807) is 36.7 Å². The fourth-order valence-electron chi connectivity index (χ4n) is 2.02. The quantitative estimate of drug-likeness (QED) is 0.853. The maximum Gasteiger partial charge on any atom is 0.136 e. The number of aromatic nitrogens is 1. The topological polar surface area (TPSA) is 58.3 Å². The van der Waals surface area contributed by atoms with Gasteiger partial charge in [-0.15, -0.1) is 11.3 Å². The van der Waals surface area contributed by atoms with E-state index in [0.29, 0.717) is 18.2 Å². The molecule has 1 atom stereocenters. The van der Waals surface area contributed by atoms with Crippen molar-refractivity contribution >= 4 is 11.3 Å².